The summed E-state index contributed by atoms with van der Waals surface area (Å²) in [6.45, 7) is 0.477. The molecular weight excluding hydrogens is 491 g/mol. The van der Waals surface area contributed by atoms with E-state index in [-0.39, 0.29) is 24.4 Å². The quantitative estimate of drug-likeness (QED) is 0.416. The van der Waals surface area contributed by atoms with Crippen LogP contribution in [-0.4, -0.2) is 41.4 Å². The SMILES string of the molecule is O=C(N=C[C@@]1(C(=O)NCc2ccc(Nc3ccccc3C(F)(F)F)cc2)CCOC1)c1cn[nH]c(=O)c1. The van der Waals surface area contributed by atoms with E-state index >= 15 is 0 Å². The lowest BCUT2D eigenvalue weighted by Crippen LogP contribution is -2.42. The summed E-state index contributed by atoms with van der Waals surface area (Å²) in [5, 5.41) is 11.3. The van der Waals surface area contributed by atoms with Gasteiger partial charge in [0.2, 0.25) is 5.91 Å². The average Bonchev–Trinajstić information content (AvgIpc) is 3.37. The summed E-state index contributed by atoms with van der Waals surface area (Å²) >= 11 is 0. The van der Waals surface area contributed by atoms with Crippen LogP contribution in [-0.2, 0) is 22.3 Å². The molecule has 2 aromatic carbocycles. The number of aliphatic imine (C=N–C) groups is 1. The van der Waals surface area contributed by atoms with Gasteiger partial charge in [-0.15, -0.1) is 0 Å². The molecule has 1 fully saturated rings. The van der Waals surface area contributed by atoms with E-state index in [1.807, 2.05) is 0 Å². The molecule has 4 rings (SSSR count). The number of carbonyl (C=O) groups excluding carboxylic acids is 2. The molecule has 0 spiro atoms. The Balaban J connectivity index is 1.40. The Labute approximate surface area is 208 Å². The van der Waals surface area contributed by atoms with Crippen molar-refractivity contribution in [3.63, 3.8) is 0 Å². The topological polar surface area (TPSA) is 126 Å². The number of aromatic amines is 1. The van der Waals surface area contributed by atoms with E-state index in [4.69, 9.17) is 4.74 Å². The number of rotatable bonds is 7. The minimum atomic E-state index is -4.49. The number of anilines is 2. The molecule has 2 amide bonds. The van der Waals surface area contributed by atoms with Gasteiger partial charge in [-0.3, -0.25) is 14.4 Å². The minimum Gasteiger partial charge on any atom is -0.380 e. The van der Waals surface area contributed by atoms with E-state index in [2.05, 4.69) is 25.8 Å². The lowest BCUT2D eigenvalue weighted by atomic mass is 9.87. The van der Waals surface area contributed by atoms with Gasteiger partial charge >= 0.3 is 6.18 Å². The second kappa shape index (κ2) is 10.7. The second-order valence-corrected chi connectivity index (χ2v) is 8.40. The predicted octanol–water partition coefficient (Wildman–Crippen LogP) is 3.47. The Hall–Kier alpha value is -4.32. The fraction of sp³-hybridized carbons (Fsp3) is 0.240. The zero-order valence-electron chi connectivity index (χ0n) is 19.3. The van der Waals surface area contributed by atoms with Crippen molar-refractivity contribution in [2.75, 3.05) is 18.5 Å². The maximum absolute atomic E-state index is 13.2. The maximum atomic E-state index is 13.2. The fourth-order valence-electron chi connectivity index (χ4n) is 3.73. The average molecular weight is 513 g/mol. The van der Waals surface area contributed by atoms with Crippen LogP contribution in [0, 0.1) is 5.41 Å². The summed E-state index contributed by atoms with van der Waals surface area (Å²) in [6, 6.07) is 12.8. The second-order valence-electron chi connectivity index (χ2n) is 8.40. The number of alkyl halides is 3. The zero-order valence-corrected chi connectivity index (χ0v) is 19.3. The normalized spacial score (nSPS) is 17.6. The highest BCUT2D eigenvalue weighted by Gasteiger charge is 2.41. The first-order valence-electron chi connectivity index (χ1n) is 11.2. The lowest BCUT2D eigenvalue weighted by Gasteiger charge is -2.21. The number of hydrogen-bond donors (Lipinski definition) is 3. The Morgan fingerprint density at radius 2 is 1.92 bits per heavy atom. The Morgan fingerprint density at radius 3 is 2.59 bits per heavy atom. The van der Waals surface area contributed by atoms with Crippen LogP contribution in [0.1, 0.15) is 27.9 Å². The van der Waals surface area contributed by atoms with Gasteiger partial charge in [0.05, 0.1) is 29.6 Å². The molecular formula is C25H22F3N5O4. The number of nitrogens with one attached hydrogen (secondary N) is 3. The first-order chi connectivity index (χ1) is 17.7. The number of nitrogens with zero attached hydrogens (tertiary/aromatic N) is 2. The number of benzene rings is 2. The van der Waals surface area contributed by atoms with Gasteiger partial charge in [0, 0.05) is 31.1 Å². The summed E-state index contributed by atoms with van der Waals surface area (Å²) in [5.74, 6) is -1.11. The molecule has 1 aliphatic heterocycles. The number of aromatic nitrogens is 2. The van der Waals surface area contributed by atoms with E-state index < -0.39 is 34.5 Å². The predicted molar refractivity (Wildman–Crippen MR) is 129 cm³/mol. The largest absolute Gasteiger partial charge is 0.418 e. The summed E-state index contributed by atoms with van der Waals surface area (Å²) < 4.78 is 45.0. The molecule has 1 aromatic heterocycles. The molecule has 37 heavy (non-hydrogen) atoms. The van der Waals surface area contributed by atoms with Crippen molar-refractivity contribution in [2.45, 2.75) is 19.1 Å². The molecule has 1 saturated heterocycles. The van der Waals surface area contributed by atoms with Crippen LogP contribution < -0.4 is 16.2 Å². The number of carbonyl (C=O) groups is 2. The lowest BCUT2D eigenvalue weighted by molar-refractivity contribution is -0.137. The van der Waals surface area contributed by atoms with Crippen molar-refractivity contribution < 1.29 is 27.5 Å². The number of para-hydroxylation sites is 1. The third-order valence-corrected chi connectivity index (χ3v) is 5.76. The van der Waals surface area contributed by atoms with Crippen molar-refractivity contribution >= 4 is 29.4 Å². The van der Waals surface area contributed by atoms with Gasteiger partial charge in [-0.05, 0) is 36.2 Å². The molecule has 0 radical (unpaired) electrons. The molecule has 0 bridgehead atoms. The van der Waals surface area contributed by atoms with Gasteiger partial charge in [-0.1, -0.05) is 24.3 Å². The highest BCUT2D eigenvalue weighted by Crippen LogP contribution is 2.36. The number of H-pyrrole nitrogens is 1. The molecule has 0 aliphatic carbocycles. The van der Waals surface area contributed by atoms with Crippen LogP contribution in [0.4, 0.5) is 24.5 Å². The fourth-order valence-corrected chi connectivity index (χ4v) is 3.73. The number of halogens is 3. The molecule has 0 unspecified atom stereocenters. The van der Waals surface area contributed by atoms with Crippen molar-refractivity contribution in [2.24, 2.45) is 10.4 Å². The van der Waals surface area contributed by atoms with Crippen LogP contribution in [0.5, 0.6) is 0 Å². The van der Waals surface area contributed by atoms with Crippen molar-refractivity contribution in [1.82, 2.24) is 15.5 Å². The molecule has 2 heterocycles. The third kappa shape index (κ3) is 6.28. The molecule has 1 aliphatic rings. The number of amides is 2. The molecule has 0 saturated carbocycles. The van der Waals surface area contributed by atoms with Crippen LogP contribution in [0.2, 0.25) is 0 Å². The Bertz CT molecular complexity index is 1360. The van der Waals surface area contributed by atoms with E-state index in [0.717, 1.165) is 12.1 Å². The van der Waals surface area contributed by atoms with Crippen LogP contribution in [0.3, 0.4) is 0 Å². The highest BCUT2D eigenvalue weighted by atomic mass is 19.4. The Kier molecular flexibility index (Phi) is 7.48. The summed E-state index contributed by atoms with van der Waals surface area (Å²) in [4.78, 5) is 40.5. The standard InChI is InChI=1S/C25H22F3N5O4/c26-25(27,28)19-3-1-2-4-20(19)32-18-7-5-16(6-8-18)12-29-23(36)24(9-10-37-15-24)14-30-22(35)17-11-21(34)33-31-13-17/h1-8,11,13-14,32H,9-10,12,15H2,(H,29,36)(H,33,34)/t24-/m0/s1. The Morgan fingerprint density at radius 1 is 1.16 bits per heavy atom. The summed E-state index contributed by atoms with van der Waals surface area (Å²) in [6.07, 6.45) is -1.77. The summed E-state index contributed by atoms with van der Waals surface area (Å²) in [7, 11) is 0. The van der Waals surface area contributed by atoms with E-state index in [1.165, 1.54) is 30.6 Å². The van der Waals surface area contributed by atoms with Gasteiger partial charge in [-0.25, -0.2) is 10.1 Å². The van der Waals surface area contributed by atoms with Crippen molar-refractivity contribution in [3.8, 4) is 0 Å². The number of hydrogen-bond acceptors (Lipinski definition) is 6. The van der Waals surface area contributed by atoms with Gasteiger partial charge in [0.1, 0.15) is 5.41 Å². The summed E-state index contributed by atoms with van der Waals surface area (Å²) in [5.41, 5.74) is -1.40. The molecule has 12 heteroatoms. The molecule has 3 N–H and O–H groups in total. The molecule has 192 valence electrons. The molecule has 1 atom stereocenters. The van der Waals surface area contributed by atoms with Gasteiger partial charge in [0.15, 0.2) is 0 Å². The zero-order chi connectivity index (χ0) is 26.5. The van der Waals surface area contributed by atoms with Crippen LogP contribution in [0.15, 0.2) is 70.6 Å². The third-order valence-electron chi connectivity index (χ3n) is 5.76. The van der Waals surface area contributed by atoms with Crippen molar-refractivity contribution in [3.05, 3.63) is 87.8 Å². The smallest absolute Gasteiger partial charge is 0.380 e. The maximum Gasteiger partial charge on any atom is 0.418 e. The monoisotopic (exact) mass is 513 g/mol. The highest BCUT2D eigenvalue weighted by molar-refractivity contribution is 6.05. The van der Waals surface area contributed by atoms with Gasteiger partial charge in [-0.2, -0.15) is 18.3 Å². The van der Waals surface area contributed by atoms with E-state index in [9.17, 15) is 27.6 Å². The van der Waals surface area contributed by atoms with Gasteiger partial charge in [0.25, 0.3) is 11.5 Å². The van der Waals surface area contributed by atoms with Gasteiger partial charge < -0.3 is 15.4 Å². The van der Waals surface area contributed by atoms with E-state index in [1.54, 1.807) is 24.3 Å². The molecule has 9 nitrogen and oxygen atoms in total. The van der Waals surface area contributed by atoms with Crippen LogP contribution in [0.25, 0.3) is 0 Å². The number of ether oxygens (including phenoxy) is 1. The first kappa shape index (κ1) is 25.8. The van der Waals surface area contributed by atoms with E-state index in [0.29, 0.717) is 24.3 Å². The van der Waals surface area contributed by atoms with Crippen molar-refractivity contribution in [1.29, 1.82) is 0 Å². The minimum absolute atomic E-state index is 0.0129. The van der Waals surface area contributed by atoms with Crippen LogP contribution >= 0.6 is 0 Å². The first-order valence-corrected chi connectivity index (χ1v) is 11.2. The molecule has 3 aromatic rings.